The van der Waals surface area contributed by atoms with Crippen LogP contribution in [0.4, 0.5) is 5.69 Å². The lowest BCUT2D eigenvalue weighted by molar-refractivity contribution is -0.384. The molecule has 0 atom stereocenters. The second-order valence-electron chi connectivity index (χ2n) is 3.19. The predicted octanol–water partition coefficient (Wildman–Crippen LogP) is 2.42. The van der Waals surface area contributed by atoms with Crippen LogP contribution in [0.15, 0.2) is 29.6 Å². The molecule has 0 saturated heterocycles. The lowest BCUT2D eigenvalue weighted by Gasteiger charge is -1.98. The van der Waals surface area contributed by atoms with Gasteiger partial charge in [-0.3, -0.25) is 10.1 Å². The molecule has 0 spiro atoms. The zero-order valence-electron chi connectivity index (χ0n) is 8.36. The molecule has 86 valence electrons. The highest BCUT2D eigenvalue weighted by Gasteiger charge is 2.15. The van der Waals surface area contributed by atoms with Crippen molar-refractivity contribution in [3.63, 3.8) is 0 Å². The molecule has 2 aromatic rings. The number of hydrogen-bond acceptors (Lipinski definition) is 5. The van der Waals surface area contributed by atoms with Crippen LogP contribution in [0, 0.1) is 10.1 Å². The predicted molar refractivity (Wildman–Crippen MR) is 61.2 cm³/mol. The Labute approximate surface area is 99.5 Å². The standard InChI is InChI=1S/C10H6N2O4S/c13-10(14)8-5-17-11-9(8)6-1-3-7(4-2-6)12(15)16/h1-5H,(H,13,14). The molecule has 0 aliphatic carbocycles. The van der Waals surface area contributed by atoms with E-state index in [9.17, 15) is 14.9 Å². The van der Waals surface area contributed by atoms with Gasteiger partial charge in [0.1, 0.15) is 0 Å². The van der Waals surface area contributed by atoms with Crippen molar-refractivity contribution in [2.75, 3.05) is 0 Å². The molecule has 1 aromatic carbocycles. The molecular formula is C10H6N2O4S. The van der Waals surface area contributed by atoms with Crippen LogP contribution in [-0.2, 0) is 0 Å². The molecule has 0 fully saturated rings. The summed E-state index contributed by atoms with van der Waals surface area (Å²) in [6.45, 7) is 0. The molecule has 1 N–H and O–H groups in total. The van der Waals surface area contributed by atoms with Crippen molar-refractivity contribution < 1.29 is 14.8 Å². The number of hydrogen-bond donors (Lipinski definition) is 1. The summed E-state index contributed by atoms with van der Waals surface area (Å²) in [7, 11) is 0. The Morgan fingerprint density at radius 3 is 2.53 bits per heavy atom. The number of rotatable bonds is 3. The highest BCUT2D eigenvalue weighted by Crippen LogP contribution is 2.25. The number of nitro groups is 1. The molecule has 0 radical (unpaired) electrons. The van der Waals surface area contributed by atoms with E-state index in [1.165, 1.54) is 29.6 Å². The Hall–Kier alpha value is -2.28. The van der Waals surface area contributed by atoms with Gasteiger partial charge in [-0.05, 0) is 23.7 Å². The SMILES string of the molecule is O=C(O)c1csnc1-c1ccc([N+](=O)[O-])cc1. The smallest absolute Gasteiger partial charge is 0.338 e. The molecule has 7 heteroatoms. The van der Waals surface area contributed by atoms with Crippen LogP contribution in [0.1, 0.15) is 10.4 Å². The Balaban J connectivity index is 2.43. The maximum Gasteiger partial charge on any atom is 0.338 e. The van der Waals surface area contributed by atoms with E-state index in [0.717, 1.165) is 11.5 Å². The van der Waals surface area contributed by atoms with Crippen molar-refractivity contribution in [1.29, 1.82) is 0 Å². The summed E-state index contributed by atoms with van der Waals surface area (Å²) in [5.74, 6) is -1.06. The lowest BCUT2D eigenvalue weighted by atomic mass is 10.1. The number of benzene rings is 1. The van der Waals surface area contributed by atoms with Gasteiger partial charge in [0, 0.05) is 23.1 Å². The van der Waals surface area contributed by atoms with E-state index in [2.05, 4.69) is 4.37 Å². The molecule has 0 aliphatic rings. The number of aromatic nitrogens is 1. The molecule has 17 heavy (non-hydrogen) atoms. The van der Waals surface area contributed by atoms with Gasteiger partial charge in [0.25, 0.3) is 5.69 Å². The summed E-state index contributed by atoms with van der Waals surface area (Å²) in [6, 6.07) is 5.61. The number of carboxylic acid groups (broad SMARTS) is 1. The van der Waals surface area contributed by atoms with E-state index in [-0.39, 0.29) is 11.3 Å². The van der Waals surface area contributed by atoms with E-state index in [1.807, 2.05) is 0 Å². The van der Waals surface area contributed by atoms with Crippen LogP contribution in [0.25, 0.3) is 11.3 Å². The topological polar surface area (TPSA) is 93.3 Å². The number of nitro benzene ring substituents is 1. The second kappa shape index (κ2) is 4.30. The average molecular weight is 250 g/mol. The van der Waals surface area contributed by atoms with E-state index in [0.29, 0.717) is 11.3 Å². The van der Waals surface area contributed by atoms with Crippen LogP contribution in [0.3, 0.4) is 0 Å². The number of aromatic carboxylic acids is 1. The molecule has 0 aliphatic heterocycles. The van der Waals surface area contributed by atoms with Crippen molar-refractivity contribution in [1.82, 2.24) is 4.37 Å². The van der Waals surface area contributed by atoms with Crippen LogP contribution in [0.5, 0.6) is 0 Å². The van der Waals surface area contributed by atoms with Crippen LogP contribution < -0.4 is 0 Å². The largest absolute Gasteiger partial charge is 0.478 e. The first-order chi connectivity index (χ1) is 8.09. The summed E-state index contributed by atoms with van der Waals surface area (Å²) < 4.78 is 3.97. The third-order valence-corrected chi connectivity index (χ3v) is 2.78. The Kier molecular flexibility index (Phi) is 2.84. The van der Waals surface area contributed by atoms with Crippen molar-refractivity contribution in [3.05, 3.63) is 45.3 Å². The van der Waals surface area contributed by atoms with Gasteiger partial charge in [-0.25, -0.2) is 4.79 Å². The number of nitrogens with zero attached hydrogens (tertiary/aromatic N) is 2. The van der Waals surface area contributed by atoms with Gasteiger partial charge < -0.3 is 5.11 Å². The van der Waals surface area contributed by atoms with Crippen molar-refractivity contribution >= 4 is 23.2 Å². The van der Waals surface area contributed by atoms with E-state index in [1.54, 1.807) is 0 Å². The second-order valence-corrected chi connectivity index (χ2v) is 3.82. The summed E-state index contributed by atoms with van der Waals surface area (Å²) >= 11 is 1.04. The minimum Gasteiger partial charge on any atom is -0.478 e. The highest BCUT2D eigenvalue weighted by atomic mass is 32.1. The lowest BCUT2D eigenvalue weighted by Crippen LogP contribution is -1.96. The maximum atomic E-state index is 10.9. The first-order valence-corrected chi connectivity index (χ1v) is 5.35. The van der Waals surface area contributed by atoms with Crippen LogP contribution in [-0.4, -0.2) is 20.4 Å². The van der Waals surface area contributed by atoms with Gasteiger partial charge in [0.15, 0.2) is 0 Å². The Morgan fingerprint density at radius 2 is 2.00 bits per heavy atom. The van der Waals surface area contributed by atoms with E-state index >= 15 is 0 Å². The molecule has 0 saturated carbocycles. The third-order valence-electron chi connectivity index (χ3n) is 2.15. The molecule has 6 nitrogen and oxygen atoms in total. The fourth-order valence-corrected chi connectivity index (χ4v) is 2.02. The van der Waals surface area contributed by atoms with Gasteiger partial charge in [0.2, 0.25) is 0 Å². The minimum atomic E-state index is -1.06. The van der Waals surface area contributed by atoms with Gasteiger partial charge >= 0.3 is 5.97 Å². The molecule has 0 amide bonds. The van der Waals surface area contributed by atoms with Crippen LogP contribution in [0.2, 0.25) is 0 Å². The van der Waals surface area contributed by atoms with Gasteiger partial charge in [-0.2, -0.15) is 4.37 Å². The number of carbonyl (C=O) groups is 1. The highest BCUT2D eigenvalue weighted by molar-refractivity contribution is 7.04. The summed E-state index contributed by atoms with van der Waals surface area (Å²) in [6.07, 6.45) is 0. The fraction of sp³-hybridized carbons (Fsp3) is 0. The quantitative estimate of drug-likeness (QED) is 0.666. The summed E-state index contributed by atoms with van der Waals surface area (Å²) in [5.41, 5.74) is 0.941. The monoisotopic (exact) mass is 250 g/mol. The Bertz CT molecular complexity index is 576. The molecule has 2 rings (SSSR count). The van der Waals surface area contributed by atoms with E-state index in [4.69, 9.17) is 5.11 Å². The van der Waals surface area contributed by atoms with Gasteiger partial charge in [-0.1, -0.05) is 0 Å². The zero-order chi connectivity index (χ0) is 12.4. The summed E-state index contributed by atoms with van der Waals surface area (Å²) in [4.78, 5) is 20.9. The van der Waals surface area contributed by atoms with Crippen molar-refractivity contribution in [3.8, 4) is 11.3 Å². The first-order valence-electron chi connectivity index (χ1n) is 4.52. The van der Waals surface area contributed by atoms with E-state index < -0.39 is 10.9 Å². The average Bonchev–Trinajstić information content (AvgIpc) is 2.78. The molecule has 0 unspecified atom stereocenters. The molecular weight excluding hydrogens is 244 g/mol. The van der Waals surface area contributed by atoms with Gasteiger partial charge in [0.05, 0.1) is 16.2 Å². The molecule has 0 bridgehead atoms. The summed E-state index contributed by atoms with van der Waals surface area (Å²) in [5, 5.41) is 20.8. The van der Waals surface area contributed by atoms with Crippen molar-refractivity contribution in [2.45, 2.75) is 0 Å². The van der Waals surface area contributed by atoms with Gasteiger partial charge in [-0.15, -0.1) is 0 Å². The first kappa shape index (κ1) is 11.2. The zero-order valence-corrected chi connectivity index (χ0v) is 9.18. The fourth-order valence-electron chi connectivity index (χ4n) is 1.34. The maximum absolute atomic E-state index is 10.9. The number of non-ortho nitro benzene ring substituents is 1. The van der Waals surface area contributed by atoms with Crippen molar-refractivity contribution in [2.24, 2.45) is 0 Å². The molecule has 1 heterocycles. The van der Waals surface area contributed by atoms with Crippen LogP contribution >= 0.6 is 11.5 Å². The minimum absolute atomic E-state index is 0.0409. The normalized spacial score (nSPS) is 10.1. The third kappa shape index (κ3) is 2.13. The molecule has 1 aromatic heterocycles. The Morgan fingerprint density at radius 1 is 1.35 bits per heavy atom. The number of carboxylic acids is 1.